The van der Waals surface area contributed by atoms with Crippen LogP contribution in [0.1, 0.15) is 76.7 Å². The van der Waals surface area contributed by atoms with E-state index in [1.807, 2.05) is 18.2 Å². The molecule has 0 amide bonds. The highest BCUT2D eigenvalue weighted by Crippen LogP contribution is 2.60. The SMILES string of the molecule is C=C1/C(=C\C=C2/CCC[C@]3(C)[C@@H]([C@H](C)C[C@H]4OC(=O)C(=C)[C@H]4c4ccccc4)CC[C@@H]23)C[C@@H](O)[C@H](OCCCO)[C@@H]1O. The average molecular weight is 577 g/mol. The highest BCUT2D eigenvalue weighted by molar-refractivity contribution is 5.92. The third-order valence-electron chi connectivity index (χ3n) is 10.8. The standard InChI is InChI=1S/C36H48O6/c1-22(20-31-32(24(3)35(40)42-31)26-10-6-5-7-11-26)28-15-16-29-25(12-8-17-36(28,29)4)13-14-27-21-30(38)34(33(39)23(27)2)41-19-9-18-37/h5-7,10-11,13-14,22,28-34,37-39H,2-3,8-9,12,15-21H2,1,4H3/b25-13+,27-14-/t22-,28-,29+,30-,31-,32+,33-,34+,36-/m1/s1. The molecule has 3 saturated carbocycles. The first-order chi connectivity index (χ1) is 20.2. The normalized spacial score (nSPS) is 37.7. The Balaban J connectivity index is 1.28. The van der Waals surface area contributed by atoms with Crippen LogP contribution in [0.4, 0.5) is 0 Å². The summed E-state index contributed by atoms with van der Waals surface area (Å²) < 4.78 is 11.6. The number of allylic oxidation sites excluding steroid dienone is 3. The Morgan fingerprint density at radius 3 is 2.64 bits per heavy atom. The van der Waals surface area contributed by atoms with Crippen LogP contribution in [0.3, 0.4) is 0 Å². The van der Waals surface area contributed by atoms with Gasteiger partial charge in [-0.15, -0.1) is 0 Å². The third-order valence-corrected chi connectivity index (χ3v) is 10.8. The van der Waals surface area contributed by atoms with E-state index in [0.717, 1.165) is 43.2 Å². The zero-order valence-electron chi connectivity index (χ0n) is 25.2. The van der Waals surface area contributed by atoms with Crippen LogP contribution in [-0.4, -0.2) is 58.9 Å². The number of fused-ring (bicyclic) bond motifs is 1. The first-order valence-corrected chi connectivity index (χ1v) is 15.8. The zero-order valence-corrected chi connectivity index (χ0v) is 25.2. The van der Waals surface area contributed by atoms with Gasteiger partial charge in [-0.1, -0.05) is 75.1 Å². The highest BCUT2D eigenvalue weighted by atomic mass is 16.6. The summed E-state index contributed by atoms with van der Waals surface area (Å²) in [6.07, 6.45) is 8.99. The summed E-state index contributed by atoms with van der Waals surface area (Å²) >= 11 is 0. The Labute approximate surface area is 250 Å². The molecular weight excluding hydrogens is 528 g/mol. The summed E-state index contributed by atoms with van der Waals surface area (Å²) in [6, 6.07) is 10.1. The Hall–Kier alpha value is -2.51. The van der Waals surface area contributed by atoms with Crippen LogP contribution in [0.15, 0.2) is 77.9 Å². The van der Waals surface area contributed by atoms with E-state index >= 15 is 0 Å². The van der Waals surface area contributed by atoms with Gasteiger partial charge in [0.15, 0.2) is 0 Å². The van der Waals surface area contributed by atoms with Gasteiger partial charge in [0.1, 0.15) is 18.3 Å². The van der Waals surface area contributed by atoms with Gasteiger partial charge in [0.05, 0.1) is 12.0 Å². The molecule has 1 heterocycles. The molecule has 1 aliphatic heterocycles. The molecule has 4 fully saturated rings. The van der Waals surface area contributed by atoms with Crippen LogP contribution >= 0.6 is 0 Å². The van der Waals surface area contributed by atoms with Crippen molar-refractivity contribution in [2.24, 2.45) is 23.2 Å². The topological polar surface area (TPSA) is 96.2 Å². The molecular formula is C36H48O6. The van der Waals surface area contributed by atoms with Crippen molar-refractivity contribution in [2.45, 2.75) is 95.5 Å². The van der Waals surface area contributed by atoms with Gasteiger partial charge in [0, 0.05) is 25.2 Å². The van der Waals surface area contributed by atoms with Crippen molar-refractivity contribution in [1.29, 1.82) is 0 Å². The quantitative estimate of drug-likeness (QED) is 0.196. The second-order valence-electron chi connectivity index (χ2n) is 13.3. The maximum atomic E-state index is 12.6. The Morgan fingerprint density at radius 2 is 1.90 bits per heavy atom. The molecule has 1 aromatic rings. The molecule has 1 aromatic carbocycles. The number of aliphatic hydroxyl groups is 3. The minimum absolute atomic E-state index is 0.0102. The Kier molecular flexibility index (Phi) is 9.58. The van der Waals surface area contributed by atoms with Crippen molar-refractivity contribution in [3.8, 4) is 0 Å². The van der Waals surface area contributed by atoms with Gasteiger partial charge < -0.3 is 24.8 Å². The fourth-order valence-electron chi connectivity index (χ4n) is 8.58. The predicted molar refractivity (Wildman–Crippen MR) is 164 cm³/mol. The molecule has 0 spiro atoms. The van der Waals surface area contributed by atoms with Crippen molar-refractivity contribution in [1.82, 2.24) is 0 Å². The molecule has 0 radical (unpaired) electrons. The van der Waals surface area contributed by atoms with Gasteiger partial charge in [-0.2, -0.15) is 0 Å². The number of esters is 1. The number of ether oxygens (including phenoxy) is 2. The van der Waals surface area contributed by atoms with Crippen molar-refractivity contribution in [3.63, 3.8) is 0 Å². The number of rotatable bonds is 9. The second kappa shape index (κ2) is 13.0. The first kappa shape index (κ1) is 30.9. The van der Waals surface area contributed by atoms with Crippen LogP contribution in [0.5, 0.6) is 0 Å². The van der Waals surface area contributed by atoms with E-state index in [4.69, 9.17) is 14.6 Å². The van der Waals surface area contributed by atoms with Gasteiger partial charge in [-0.05, 0) is 84.8 Å². The van der Waals surface area contributed by atoms with Crippen LogP contribution in [0, 0.1) is 23.2 Å². The summed E-state index contributed by atoms with van der Waals surface area (Å²) in [4.78, 5) is 12.6. The largest absolute Gasteiger partial charge is 0.458 e. The van der Waals surface area contributed by atoms with Crippen LogP contribution in [0.25, 0.3) is 0 Å². The molecule has 0 bridgehead atoms. The summed E-state index contributed by atoms with van der Waals surface area (Å²) in [5, 5.41) is 30.5. The van der Waals surface area contributed by atoms with E-state index in [1.54, 1.807) is 0 Å². The molecule has 3 N–H and O–H groups in total. The van der Waals surface area contributed by atoms with Crippen molar-refractivity contribution < 1.29 is 29.6 Å². The Bertz CT molecular complexity index is 1220. The molecule has 0 unspecified atom stereocenters. The molecule has 6 heteroatoms. The number of carbonyl (C=O) groups is 1. The summed E-state index contributed by atoms with van der Waals surface area (Å²) in [5.41, 5.74) is 4.76. The first-order valence-electron chi connectivity index (χ1n) is 15.8. The number of hydrogen-bond donors (Lipinski definition) is 3. The van der Waals surface area contributed by atoms with Crippen molar-refractivity contribution >= 4 is 5.97 Å². The molecule has 6 nitrogen and oxygen atoms in total. The summed E-state index contributed by atoms with van der Waals surface area (Å²) in [7, 11) is 0. The van der Waals surface area contributed by atoms with E-state index in [9.17, 15) is 15.0 Å². The number of hydrogen-bond acceptors (Lipinski definition) is 6. The minimum Gasteiger partial charge on any atom is -0.458 e. The van der Waals surface area contributed by atoms with Gasteiger partial charge in [0.2, 0.25) is 0 Å². The van der Waals surface area contributed by atoms with Gasteiger partial charge in [0.25, 0.3) is 0 Å². The van der Waals surface area contributed by atoms with E-state index < -0.39 is 18.3 Å². The summed E-state index contributed by atoms with van der Waals surface area (Å²) in [5.74, 6) is 1.07. The van der Waals surface area contributed by atoms with Crippen LogP contribution in [0.2, 0.25) is 0 Å². The molecule has 0 aromatic heterocycles. The van der Waals surface area contributed by atoms with Gasteiger partial charge >= 0.3 is 5.97 Å². The number of benzene rings is 1. The maximum absolute atomic E-state index is 12.6. The molecule has 3 aliphatic carbocycles. The summed E-state index contributed by atoms with van der Waals surface area (Å²) in [6.45, 7) is 13.3. The lowest BCUT2D eigenvalue weighted by atomic mass is 9.60. The molecule has 4 aliphatic rings. The fraction of sp³-hybridized carbons (Fsp3) is 0.583. The van der Waals surface area contributed by atoms with Crippen LogP contribution in [-0.2, 0) is 14.3 Å². The predicted octanol–water partition coefficient (Wildman–Crippen LogP) is 5.80. The van der Waals surface area contributed by atoms with E-state index in [2.05, 4.69) is 51.3 Å². The van der Waals surface area contributed by atoms with E-state index in [1.165, 1.54) is 12.0 Å². The number of carbonyl (C=O) groups excluding carboxylic acids is 1. The molecule has 228 valence electrons. The lowest BCUT2D eigenvalue weighted by Crippen LogP contribution is -2.45. The molecule has 1 saturated heterocycles. The highest BCUT2D eigenvalue weighted by Gasteiger charge is 2.52. The van der Waals surface area contributed by atoms with Crippen molar-refractivity contribution in [2.75, 3.05) is 13.2 Å². The fourth-order valence-corrected chi connectivity index (χ4v) is 8.58. The smallest absolute Gasteiger partial charge is 0.334 e. The molecule has 5 rings (SSSR count). The lowest BCUT2D eigenvalue weighted by Gasteiger charge is -2.45. The monoisotopic (exact) mass is 576 g/mol. The van der Waals surface area contributed by atoms with E-state index in [0.29, 0.717) is 41.7 Å². The van der Waals surface area contributed by atoms with E-state index in [-0.39, 0.29) is 36.6 Å². The van der Waals surface area contributed by atoms with Gasteiger partial charge in [-0.25, -0.2) is 4.79 Å². The van der Waals surface area contributed by atoms with Crippen LogP contribution < -0.4 is 0 Å². The minimum atomic E-state index is -0.967. The second-order valence-corrected chi connectivity index (χ2v) is 13.3. The molecule has 9 atom stereocenters. The zero-order chi connectivity index (χ0) is 30.0. The lowest BCUT2D eigenvalue weighted by molar-refractivity contribution is -0.139. The number of aliphatic hydroxyl groups excluding tert-OH is 3. The average Bonchev–Trinajstić information content (AvgIpc) is 3.47. The van der Waals surface area contributed by atoms with Crippen molar-refractivity contribution in [3.05, 3.63) is 83.5 Å². The third kappa shape index (κ3) is 5.96. The molecule has 42 heavy (non-hydrogen) atoms. The maximum Gasteiger partial charge on any atom is 0.334 e. The Morgan fingerprint density at radius 1 is 1.14 bits per heavy atom. The number of cyclic esters (lactones) is 1. The van der Waals surface area contributed by atoms with Gasteiger partial charge in [-0.3, -0.25) is 0 Å².